The highest BCUT2D eigenvalue weighted by Crippen LogP contribution is 2.29. The van der Waals surface area contributed by atoms with Crippen molar-refractivity contribution in [2.24, 2.45) is 5.92 Å². The summed E-state index contributed by atoms with van der Waals surface area (Å²) in [7, 11) is 0. The molecule has 27 heavy (non-hydrogen) atoms. The van der Waals surface area contributed by atoms with E-state index < -0.39 is 0 Å². The Kier molecular flexibility index (Phi) is 5.58. The van der Waals surface area contributed by atoms with Crippen LogP contribution in [0.3, 0.4) is 0 Å². The second kappa shape index (κ2) is 8.44. The summed E-state index contributed by atoms with van der Waals surface area (Å²) in [6, 6.07) is 18.0. The minimum Gasteiger partial charge on any atom is -0.457 e. The maximum absolute atomic E-state index is 12.0. The number of carbonyl (C=O) groups is 1. The van der Waals surface area contributed by atoms with Crippen LogP contribution in [0.4, 0.5) is 5.69 Å². The van der Waals surface area contributed by atoms with E-state index in [1.165, 1.54) is 12.8 Å². The maximum atomic E-state index is 12.0. The van der Waals surface area contributed by atoms with Gasteiger partial charge in [0.2, 0.25) is 5.91 Å². The molecular weight excluding hydrogens is 340 g/mol. The zero-order chi connectivity index (χ0) is 18.5. The summed E-state index contributed by atoms with van der Waals surface area (Å²) in [5.74, 6) is 2.32. The van der Waals surface area contributed by atoms with E-state index in [4.69, 9.17) is 9.47 Å². The van der Waals surface area contributed by atoms with Gasteiger partial charge in [-0.2, -0.15) is 0 Å². The zero-order valence-corrected chi connectivity index (χ0v) is 15.5. The summed E-state index contributed by atoms with van der Waals surface area (Å²) < 4.78 is 11.4. The molecule has 2 fully saturated rings. The summed E-state index contributed by atoms with van der Waals surface area (Å²) in [6.07, 6.45) is 3.43. The van der Waals surface area contributed by atoms with E-state index in [0.717, 1.165) is 43.3 Å². The van der Waals surface area contributed by atoms with Crippen LogP contribution in [0, 0.1) is 5.92 Å². The SMILES string of the molecule is O=C(COCC1CC1)N[C@H]1CCN(c2cccc(Oc3ccccc3)c2)C1. The predicted molar refractivity (Wildman–Crippen MR) is 105 cm³/mol. The number of nitrogens with zero attached hydrogens (tertiary/aromatic N) is 1. The van der Waals surface area contributed by atoms with Gasteiger partial charge in [-0.05, 0) is 49.4 Å². The Morgan fingerprint density at radius 3 is 2.67 bits per heavy atom. The third kappa shape index (κ3) is 5.23. The van der Waals surface area contributed by atoms with Crippen molar-refractivity contribution in [2.45, 2.75) is 25.3 Å². The first-order chi connectivity index (χ1) is 13.3. The monoisotopic (exact) mass is 366 g/mol. The van der Waals surface area contributed by atoms with E-state index in [1.54, 1.807) is 0 Å². The van der Waals surface area contributed by atoms with Gasteiger partial charge < -0.3 is 19.7 Å². The smallest absolute Gasteiger partial charge is 0.246 e. The van der Waals surface area contributed by atoms with Crippen molar-refractivity contribution in [3.8, 4) is 11.5 Å². The molecule has 1 N–H and O–H groups in total. The van der Waals surface area contributed by atoms with Gasteiger partial charge in [0, 0.05) is 30.9 Å². The molecule has 0 spiro atoms. The fourth-order valence-corrected chi connectivity index (χ4v) is 3.35. The first-order valence-electron chi connectivity index (χ1n) is 9.71. The Bertz CT molecular complexity index is 761. The molecule has 2 aliphatic rings. The molecule has 0 bridgehead atoms. The van der Waals surface area contributed by atoms with Crippen LogP contribution in [-0.2, 0) is 9.53 Å². The van der Waals surface area contributed by atoms with E-state index in [1.807, 2.05) is 42.5 Å². The van der Waals surface area contributed by atoms with Gasteiger partial charge in [0.15, 0.2) is 0 Å². The molecule has 1 heterocycles. The number of nitrogens with one attached hydrogen (secondary N) is 1. The second-order valence-corrected chi connectivity index (χ2v) is 7.37. The molecule has 5 heteroatoms. The molecule has 1 aliphatic carbocycles. The standard InChI is InChI=1S/C22H26N2O3/c25-22(16-26-15-17-9-10-17)23-18-11-12-24(14-18)19-5-4-8-21(13-19)27-20-6-2-1-3-7-20/h1-8,13,17-18H,9-12,14-16H2,(H,23,25)/t18-/m0/s1. The van der Waals surface area contributed by atoms with E-state index in [-0.39, 0.29) is 18.6 Å². The van der Waals surface area contributed by atoms with E-state index in [2.05, 4.69) is 22.3 Å². The molecule has 0 radical (unpaired) electrons. The molecule has 0 aromatic heterocycles. The highest BCUT2D eigenvalue weighted by atomic mass is 16.5. The predicted octanol–water partition coefficient (Wildman–Crippen LogP) is 3.60. The molecular formula is C22H26N2O3. The average Bonchev–Trinajstić information content (AvgIpc) is 3.39. The quantitative estimate of drug-likeness (QED) is 0.776. The number of rotatable bonds is 8. The first kappa shape index (κ1) is 17.9. The Balaban J connectivity index is 1.28. The highest BCUT2D eigenvalue weighted by Gasteiger charge is 2.25. The summed E-state index contributed by atoms with van der Waals surface area (Å²) >= 11 is 0. The molecule has 1 saturated heterocycles. The maximum Gasteiger partial charge on any atom is 0.246 e. The third-order valence-corrected chi connectivity index (χ3v) is 5.00. The minimum atomic E-state index is -0.0105. The van der Waals surface area contributed by atoms with E-state index >= 15 is 0 Å². The first-order valence-corrected chi connectivity index (χ1v) is 9.71. The van der Waals surface area contributed by atoms with Crippen molar-refractivity contribution in [3.05, 3.63) is 54.6 Å². The van der Waals surface area contributed by atoms with Crippen LogP contribution in [0.2, 0.25) is 0 Å². The van der Waals surface area contributed by atoms with Crippen LogP contribution < -0.4 is 15.0 Å². The lowest BCUT2D eigenvalue weighted by Crippen LogP contribution is -2.39. The lowest BCUT2D eigenvalue weighted by molar-refractivity contribution is -0.126. The van der Waals surface area contributed by atoms with Crippen LogP contribution >= 0.6 is 0 Å². The van der Waals surface area contributed by atoms with Crippen molar-refractivity contribution < 1.29 is 14.3 Å². The molecule has 1 aliphatic heterocycles. The number of hydrogen-bond acceptors (Lipinski definition) is 4. The molecule has 4 rings (SSSR count). The molecule has 0 unspecified atom stereocenters. The molecule has 1 amide bonds. The number of para-hydroxylation sites is 1. The highest BCUT2D eigenvalue weighted by molar-refractivity contribution is 5.77. The van der Waals surface area contributed by atoms with Gasteiger partial charge in [-0.15, -0.1) is 0 Å². The van der Waals surface area contributed by atoms with Gasteiger partial charge in [0.05, 0.1) is 6.61 Å². The van der Waals surface area contributed by atoms with Crippen LogP contribution in [0.5, 0.6) is 11.5 Å². The molecule has 5 nitrogen and oxygen atoms in total. The number of carbonyl (C=O) groups excluding carboxylic acids is 1. The van der Waals surface area contributed by atoms with Crippen LogP contribution in [0.15, 0.2) is 54.6 Å². The molecule has 1 saturated carbocycles. The summed E-state index contributed by atoms with van der Waals surface area (Å²) in [4.78, 5) is 14.3. The van der Waals surface area contributed by atoms with Crippen LogP contribution in [0.1, 0.15) is 19.3 Å². The van der Waals surface area contributed by atoms with Crippen molar-refractivity contribution >= 4 is 11.6 Å². The van der Waals surface area contributed by atoms with Gasteiger partial charge in [0.25, 0.3) is 0 Å². The summed E-state index contributed by atoms with van der Waals surface area (Å²) in [5.41, 5.74) is 1.12. The fraction of sp³-hybridized carbons (Fsp3) is 0.409. The van der Waals surface area contributed by atoms with Gasteiger partial charge in [-0.3, -0.25) is 4.79 Å². The fourth-order valence-electron chi connectivity index (χ4n) is 3.35. The van der Waals surface area contributed by atoms with Crippen molar-refractivity contribution in [3.63, 3.8) is 0 Å². The van der Waals surface area contributed by atoms with Crippen molar-refractivity contribution in [1.29, 1.82) is 0 Å². The number of ether oxygens (including phenoxy) is 2. The average molecular weight is 366 g/mol. The Morgan fingerprint density at radius 2 is 1.85 bits per heavy atom. The minimum absolute atomic E-state index is 0.0105. The number of anilines is 1. The molecule has 142 valence electrons. The molecule has 2 aromatic carbocycles. The van der Waals surface area contributed by atoms with Crippen LogP contribution in [-0.4, -0.2) is 38.3 Å². The lowest BCUT2D eigenvalue weighted by Gasteiger charge is -2.20. The number of hydrogen-bond donors (Lipinski definition) is 1. The zero-order valence-electron chi connectivity index (χ0n) is 15.5. The number of amides is 1. The number of benzene rings is 2. The topological polar surface area (TPSA) is 50.8 Å². The van der Waals surface area contributed by atoms with E-state index in [0.29, 0.717) is 5.92 Å². The van der Waals surface area contributed by atoms with Crippen molar-refractivity contribution in [2.75, 3.05) is 31.2 Å². The van der Waals surface area contributed by atoms with Gasteiger partial charge in [-0.1, -0.05) is 24.3 Å². The van der Waals surface area contributed by atoms with Gasteiger partial charge >= 0.3 is 0 Å². The largest absolute Gasteiger partial charge is 0.457 e. The van der Waals surface area contributed by atoms with E-state index in [9.17, 15) is 4.79 Å². The molecule has 2 aromatic rings. The van der Waals surface area contributed by atoms with Crippen LogP contribution in [0.25, 0.3) is 0 Å². The van der Waals surface area contributed by atoms with Gasteiger partial charge in [-0.25, -0.2) is 0 Å². The summed E-state index contributed by atoms with van der Waals surface area (Å²) in [5, 5.41) is 3.09. The second-order valence-electron chi connectivity index (χ2n) is 7.37. The lowest BCUT2D eigenvalue weighted by atomic mass is 10.2. The third-order valence-electron chi connectivity index (χ3n) is 5.00. The van der Waals surface area contributed by atoms with Crippen molar-refractivity contribution in [1.82, 2.24) is 5.32 Å². The Morgan fingerprint density at radius 1 is 1.04 bits per heavy atom. The molecule has 1 atom stereocenters. The normalized spacial score (nSPS) is 19.1. The summed E-state index contributed by atoms with van der Waals surface area (Å²) in [6.45, 7) is 2.62. The Labute approximate surface area is 160 Å². The van der Waals surface area contributed by atoms with Gasteiger partial charge in [0.1, 0.15) is 18.1 Å². The Hall–Kier alpha value is -2.53.